The van der Waals surface area contributed by atoms with Gasteiger partial charge in [-0.15, -0.1) is 0 Å². The lowest BCUT2D eigenvalue weighted by Gasteiger charge is -1.94. The van der Waals surface area contributed by atoms with E-state index >= 15 is 0 Å². The Hall–Kier alpha value is -1.65. The topological polar surface area (TPSA) is 69.4 Å². The number of esters is 1. The maximum absolute atomic E-state index is 11.0. The van der Waals surface area contributed by atoms with Crippen LogP contribution in [0, 0.1) is 0 Å². The summed E-state index contributed by atoms with van der Waals surface area (Å²) in [6.07, 6.45) is 2.07. The minimum Gasteiger partial charge on any atom is -0.469 e. The Labute approximate surface area is 68.3 Å². The molecule has 0 amide bonds. The molecular formula is C7H7NO4. The van der Waals surface area contributed by atoms with E-state index in [4.69, 9.17) is 0 Å². The Balaban J connectivity index is 2.56. The van der Waals surface area contributed by atoms with E-state index in [9.17, 15) is 9.59 Å². The summed E-state index contributed by atoms with van der Waals surface area (Å²) >= 11 is 0. The van der Waals surface area contributed by atoms with Gasteiger partial charge in [0.15, 0.2) is 12.2 Å². The minimum absolute atomic E-state index is 0.0698. The largest absolute Gasteiger partial charge is 0.469 e. The third-order valence-electron chi connectivity index (χ3n) is 1.24. The fourth-order valence-corrected chi connectivity index (χ4v) is 0.644. The smallest absolute Gasteiger partial charge is 0.313 e. The number of hydrogen-bond donors (Lipinski definition) is 0. The summed E-state index contributed by atoms with van der Waals surface area (Å²) < 4.78 is 8.97. The summed E-state index contributed by atoms with van der Waals surface area (Å²) in [5, 5.41) is 0. The second kappa shape index (κ2) is 3.66. The number of aromatic nitrogens is 1. The Kier molecular flexibility index (Phi) is 2.57. The van der Waals surface area contributed by atoms with Crippen molar-refractivity contribution < 1.29 is 18.7 Å². The van der Waals surface area contributed by atoms with Crippen LogP contribution in [-0.4, -0.2) is 23.8 Å². The number of hydrogen-bond acceptors (Lipinski definition) is 5. The lowest BCUT2D eigenvalue weighted by Crippen LogP contribution is -2.08. The minimum atomic E-state index is -0.587. The molecule has 0 N–H and O–H groups in total. The first-order chi connectivity index (χ1) is 5.74. The molecule has 0 aliphatic rings. The number of nitrogens with zero attached hydrogens (tertiary/aromatic N) is 1. The van der Waals surface area contributed by atoms with E-state index in [0.29, 0.717) is 0 Å². The second-order valence-corrected chi connectivity index (χ2v) is 2.04. The van der Waals surface area contributed by atoms with Gasteiger partial charge in [-0.05, 0) is 0 Å². The van der Waals surface area contributed by atoms with Crippen LogP contribution in [0.3, 0.4) is 0 Å². The van der Waals surface area contributed by atoms with Crippen molar-refractivity contribution in [3.05, 3.63) is 18.4 Å². The average Bonchev–Trinajstić information content (AvgIpc) is 2.56. The van der Waals surface area contributed by atoms with Gasteiger partial charge in [0.1, 0.15) is 6.42 Å². The summed E-state index contributed by atoms with van der Waals surface area (Å²) in [4.78, 5) is 25.2. The highest BCUT2D eigenvalue weighted by Gasteiger charge is 2.14. The molecule has 0 aliphatic heterocycles. The number of ether oxygens (including phenoxy) is 1. The van der Waals surface area contributed by atoms with Crippen molar-refractivity contribution in [2.75, 3.05) is 7.11 Å². The van der Waals surface area contributed by atoms with Crippen LogP contribution in [0.15, 0.2) is 17.0 Å². The van der Waals surface area contributed by atoms with Crippen molar-refractivity contribution in [1.82, 2.24) is 4.98 Å². The number of methoxy groups -OCH3 is 1. The highest BCUT2D eigenvalue weighted by atomic mass is 16.5. The van der Waals surface area contributed by atoms with Gasteiger partial charge in [-0.25, -0.2) is 4.98 Å². The molecule has 1 rings (SSSR count). The molecule has 0 fully saturated rings. The monoisotopic (exact) mass is 169 g/mol. The van der Waals surface area contributed by atoms with Gasteiger partial charge >= 0.3 is 5.97 Å². The van der Waals surface area contributed by atoms with Gasteiger partial charge in [0, 0.05) is 0 Å². The molecule has 0 aromatic carbocycles. The van der Waals surface area contributed by atoms with E-state index in [0.717, 1.165) is 6.39 Å². The molecule has 0 spiro atoms. The SMILES string of the molecule is COC(=O)CC(=O)c1cnco1. The van der Waals surface area contributed by atoms with E-state index < -0.39 is 11.8 Å². The molecular weight excluding hydrogens is 162 g/mol. The molecule has 1 aromatic heterocycles. The summed E-state index contributed by atoms with van der Waals surface area (Å²) in [6, 6.07) is 0. The number of carbonyl (C=O) groups is 2. The zero-order valence-corrected chi connectivity index (χ0v) is 6.44. The normalized spacial score (nSPS) is 9.42. The lowest BCUT2D eigenvalue weighted by molar-refractivity contribution is -0.139. The Morgan fingerprint density at radius 1 is 1.67 bits per heavy atom. The first-order valence-electron chi connectivity index (χ1n) is 3.22. The Morgan fingerprint density at radius 2 is 2.42 bits per heavy atom. The van der Waals surface area contributed by atoms with Crippen LogP contribution in [0.5, 0.6) is 0 Å². The third-order valence-corrected chi connectivity index (χ3v) is 1.24. The molecule has 0 saturated heterocycles. The molecule has 0 bridgehead atoms. The van der Waals surface area contributed by atoms with Crippen molar-refractivity contribution in [1.29, 1.82) is 0 Å². The van der Waals surface area contributed by atoms with Crippen molar-refractivity contribution in [2.45, 2.75) is 6.42 Å². The summed E-state index contributed by atoms with van der Waals surface area (Å²) in [7, 11) is 1.22. The zero-order chi connectivity index (χ0) is 8.97. The molecule has 0 radical (unpaired) electrons. The van der Waals surface area contributed by atoms with Gasteiger partial charge in [0.25, 0.3) is 0 Å². The van der Waals surface area contributed by atoms with Crippen molar-refractivity contribution in [3.63, 3.8) is 0 Å². The predicted octanol–water partition coefficient (Wildman–Crippen LogP) is 0.420. The molecule has 1 aromatic rings. The standard InChI is InChI=1S/C7H7NO4/c1-11-7(10)2-5(9)6-3-8-4-12-6/h3-4H,2H2,1H3. The van der Waals surface area contributed by atoms with Crippen LogP contribution >= 0.6 is 0 Å². The van der Waals surface area contributed by atoms with Gasteiger partial charge in [-0.1, -0.05) is 0 Å². The van der Waals surface area contributed by atoms with Crippen LogP contribution in [0.25, 0.3) is 0 Å². The van der Waals surface area contributed by atoms with Gasteiger partial charge in [0.2, 0.25) is 5.78 Å². The number of Topliss-reactive ketones (excluding diaryl/α,β-unsaturated/α-hetero) is 1. The predicted molar refractivity (Wildman–Crippen MR) is 37.5 cm³/mol. The first kappa shape index (κ1) is 8.45. The van der Waals surface area contributed by atoms with Crippen LogP contribution in [-0.2, 0) is 9.53 Å². The highest BCUT2D eigenvalue weighted by Crippen LogP contribution is 2.01. The van der Waals surface area contributed by atoms with Crippen molar-refractivity contribution >= 4 is 11.8 Å². The molecule has 64 valence electrons. The highest BCUT2D eigenvalue weighted by molar-refractivity contribution is 6.03. The number of carbonyl (C=O) groups excluding carboxylic acids is 2. The summed E-state index contributed by atoms with van der Waals surface area (Å²) in [6.45, 7) is 0. The number of ketones is 1. The molecule has 0 aliphatic carbocycles. The van der Waals surface area contributed by atoms with Crippen LogP contribution in [0.4, 0.5) is 0 Å². The van der Waals surface area contributed by atoms with E-state index in [2.05, 4.69) is 14.1 Å². The van der Waals surface area contributed by atoms with Crippen molar-refractivity contribution in [3.8, 4) is 0 Å². The quantitative estimate of drug-likeness (QED) is 0.372. The molecule has 1 heterocycles. The third kappa shape index (κ3) is 1.91. The second-order valence-electron chi connectivity index (χ2n) is 2.04. The van der Waals surface area contributed by atoms with Crippen LogP contribution in [0.1, 0.15) is 17.0 Å². The van der Waals surface area contributed by atoms with Gasteiger partial charge in [0.05, 0.1) is 13.3 Å². The fourth-order valence-electron chi connectivity index (χ4n) is 0.644. The van der Waals surface area contributed by atoms with Crippen LogP contribution < -0.4 is 0 Å². The van der Waals surface area contributed by atoms with E-state index in [1.165, 1.54) is 13.3 Å². The molecule has 0 atom stereocenters. The van der Waals surface area contributed by atoms with Gasteiger partial charge in [-0.2, -0.15) is 0 Å². The summed E-state index contributed by atoms with van der Waals surface area (Å²) in [5.74, 6) is -0.948. The van der Waals surface area contributed by atoms with E-state index in [-0.39, 0.29) is 12.2 Å². The summed E-state index contributed by atoms with van der Waals surface area (Å²) in [5.41, 5.74) is 0. The lowest BCUT2D eigenvalue weighted by atomic mass is 10.2. The number of oxazole rings is 1. The molecule has 12 heavy (non-hydrogen) atoms. The zero-order valence-electron chi connectivity index (χ0n) is 6.44. The van der Waals surface area contributed by atoms with Gasteiger partial charge in [-0.3, -0.25) is 9.59 Å². The Morgan fingerprint density at radius 3 is 2.92 bits per heavy atom. The molecule has 5 nitrogen and oxygen atoms in total. The number of rotatable bonds is 3. The molecule has 0 unspecified atom stereocenters. The van der Waals surface area contributed by atoms with E-state index in [1.54, 1.807) is 0 Å². The fraction of sp³-hybridized carbons (Fsp3) is 0.286. The van der Waals surface area contributed by atoms with E-state index in [1.807, 2.05) is 0 Å². The maximum atomic E-state index is 11.0. The van der Waals surface area contributed by atoms with Gasteiger partial charge < -0.3 is 9.15 Å². The van der Waals surface area contributed by atoms with Crippen molar-refractivity contribution in [2.24, 2.45) is 0 Å². The molecule has 0 saturated carbocycles. The molecule has 5 heteroatoms. The first-order valence-corrected chi connectivity index (χ1v) is 3.22. The van der Waals surface area contributed by atoms with Crippen LogP contribution in [0.2, 0.25) is 0 Å². The average molecular weight is 169 g/mol. The maximum Gasteiger partial charge on any atom is 0.313 e. The Bertz CT molecular complexity index is 278.